The van der Waals surface area contributed by atoms with E-state index in [-0.39, 0.29) is 46.6 Å². The molecule has 2 saturated heterocycles. The highest BCUT2D eigenvalue weighted by Gasteiger charge is 2.60. The maximum Gasteiger partial charge on any atom is 0.310 e. The predicted molar refractivity (Wildman–Crippen MR) is 152 cm³/mol. The van der Waals surface area contributed by atoms with Crippen LogP contribution in [0, 0.1) is 17.3 Å². The van der Waals surface area contributed by atoms with Crippen molar-refractivity contribution in [2.24, 2.45) is 17.3 Å². The summed E-state index contributed by atoms with van der Waals surface area (Å²) < 4.78 is 0. The molecule has 7 heteroatoms. The van der Waals surface area contributed by atoms with E-state index in [0.717, 1.165) is 51.4 Å². The SMILES string of the molecule is CN1C(C)(C)CC(C(CCCCCCCC(=O)O)(C(=O)O)C2CC(C)(C)N(C)C(C)(C)C2)CC1(C)C.N. The van der Waals surface area contributed by atoms with Crippen molar-refractivity contribution in [3.8, 4) is 0 Å². The molecule has 0 spiro atoms. The van der Waals surface area contributed by atoms with Crippen LogP contribution >= 0.6 is 0 Å². The van der Waals surface area contributed by atoms with E-state index in [1.54, 1.807) is 0 Å². The molecule has 5 N–H and O–H groups in total. The van der Waals surface area contributed by atoms with Crippen molar-refractivity contribution in [2.75, 3.05) is 14.1 Å². The normalized spacial score (nSPS) is 24.4. The molecule has 0 bridgehead atoms. The zero-order valence-corrected chi connectivity index (χ0v) is 25.7. The number of hydrogen-bond acceptors (Lipinski definition) is 5. The predicted octanol–water partition coefficient (Wildman–Crippen LogP) is 6.83. The van der Waals surface area contributed by atoms with Gasteiger partial charge in [-0.3, -0.25) is 19.4 Å². The van der Waals surface area contributed by atoms with Crippen LogP contribution < -0.4 is 6.15 Å². The van der Waals surface area contributed by atoms with Crippen molar-refractivity contribution in [3.05, 3.63) is 0 Å². The molecule has 2 rings (SSSR count). The Balaban J connectivity index is 0.00000684. The average molecular weight is 526 g/mol. The van der Waals surface area contributed by atoms with Crippen molar-refractivity contribution < 1.29 is 19.8 Å². The summed E-state index contributed by atoms with van der Waals surface area (Å²) in [6, 6.07) is 0. The largest absolute Gasteiger partial charge is 0.481 e. The second-order valence-electron chi connectivity index (χ2n) is 14.6. The lowest BCUT2D eigenvalue weighted by Gasteiger charge is -2.61. The van der Waals surface area contributed by atoms with Crippen molar-refractivity contribution >= 4 is 11.9 Å². The quantitative estimate of drug-likeness (QED) is 0.253. The first-order valence-electron chi connectivity index (χ1n) is 14.2. The summed E-state index contributed by atoms with van der Waals surface area (Å²) in [4.78, 5) is 29.3. The molecule has 0 unspecified atom stereocenters. The average Bonchev–Trinajstić information content (AvgIpc) is 2.70. The molecule has 0 aromatic heterocycles. The van der Waals surface area contributed by atoms with Crippen LogP contribution in [0.3, 0.4) is 0 Å². The van der Waals surface area contributed by atoms with Crippen LogP contribution in [0.15, 0.2) is 0 Å². The van der Waals surface area contributed by atoms with Gasteiger partial charge in [0.2, 0.25) is 0 Å². The smallest absolute Gasteiger partial charge is 0.310 e. The Morgan fingerprint density at radius 2 is 1.00 bits per heavy atom. The van der Waals surface area contributed by atoms with Gasteiger partial charge in [0.15, 0.2) is 0 Å². The minimum absolute atomic E-state index is 0. The van der Waals surface area contributed by atoms with E-state index in [1.807, 2.05) is 0 Å². The maximum atomic E-state index is 13.6. The summed E-state index contributed by atoms with van der Waals surface area (Å²) >= 11 is 0. The van der Waals surface area contributed by atoms with Gasteiger partial charge in [0.25, 0.3) is 0 Å². The number of unbranched alkanes of at least 4 members (excludes halogenated alkanes) is 4. The number of hydrogen-bond donors (Lipinski definition) is 3. The van der Waals surface area contributed by atoms with Crippen LogP contribution in [0.4, 0.5) is 0 Å². The third-order valence-electron chi connectivity index (χ3n) is 10.5. The van der Waals surface area contributed by atoms with Crippen LogP contribution in [-0.2, 0) is 9.59 Å². The molecule has 2 fully saturated rings. The highest BCUT2D eigenvalue weighted by atomic mass is 16.4. The number of nitrogens with zero attached hydrogens (tertiary/aromatic N) is 2. The molecule has 218 valence electrons. The molecule has 2 aliphatic heterocycles. The van der Waals surface area contributed by atoms with Crippen LogP contribution in [0.25, 0.3) is 0 Å². The standard InChI is InChI=1S/C30H56N2O4.H3N/c1-26(2)18-22(19-27(3,4)31(26)9)30(25(35)36,17-15-13-11-12-14-16-24(33)34)23-20-28(5,6)32(10)29(7,8)21-23;/h22-23H,11-21H2,1-10H3,(H,33,34)(H,35,36);1H3. The summed E-state index contributed by atoms with van der Waals surface area (Å²) in [5, 5.41) is 20.1. The number of piperidine rings is 2. The molecule has 0 radical (unpaired) electrons. The molecule has 2 aliphatic rings. The molecule has 37 heavy (non-hydrogen) atoms. The Bertz CT molecular complexity index is 712. The highest BCUT2D eigenvalue weighted by molar-refractivity contribution is 5.76. The van der Waals surface area contributed by atoms with Crippen LogP contribution in [-0.4, -0.2) is 68.2 Å². The van der Waals surface area contributed by atoms with Gasteiger partial charge in [-0.15, -0.1) is 0 Å². The van der Waals surface area contributed by atoms with Crippen LogP contribution in [0.1, 0.15) is 126 Å². The molecule has 0 aromatic rings. The molecular formula is C30H59N3O4. The van der Waals surface area contributed by atoms with E-state index < -0.39 is 17.4 Å². The van der Waals surface area contributed by atoms with E-state index in [4.69, 9.17) is 5.11 Å². The summed E-state index contributed by atoms with van der Waals surface area (Å²) in [5.74, 6) is -1.11. The molecule has 2 heterocycles. The van der Waals surface area contributed by atoms with Crippen molar-refractivity contribution in [2.45, 2.75) is 148 Å². The molecule has 0 aromatic carbocycles. The first-order chi connectivity index (χ1) is 16.3. The van der Waals surface area contributed by atoms with Gasteiger partial charge < -0.3 is 16.4 Å². The van der Waals surface area contributed by atoms with Gasteiger partial charge in [0.05, 0.1) is 5.41 Å². The summed E-state index contributed by atoms with van der Waals surface area (Å²) in [7, 11) is 4.38. The summed E-state index contributed by atoms with van der Waals surface area (Å²) in [6.07, 6.45) is 8.93. The highest BCUT2D eigenvalue weighted by Crippen LogP contribution is 2.58. The number of rotatable bonds is 11. The molecule has 0 aliphatic carbocycles. The summed E-state index contributed by atoms with van der Waals surface area (Å²) in [6.45, 7) is 18.2. The molecular weight excluding hydrogens is 466 g/mol. The van der Waals surface area contributed by atoms with E-state index in [0.29, 0.717) is 12.8 Å². The fourth-order valence-electron chi connectivity index (χ4n) is 7.89. The zero-order chi connectivity index (χ0) is 27.7. The number of carboxylic acid groups (broad SMARTS) is 2. The summed E-state index contributed by atoms with van der Waals surface area (Å²) in [5.41, 5.74) is -1.03. The topological polar surface area (TPSA) is 116 Å². The van der Waals surface area contributed by atoms with E-state index in [9.17, 15) is 14.7 Å². The minimum Gasteiger partial charge on any atom is -0.481 e. The van der Waals surface area contributed by atoms with Gasteiger partial charge in [0, 0.05) is 28.6 Å². The fourth-order valence-corrected chi connectivity index (χ4v) is 7.89. The number of carboxylic acids is 2. The molecule has 0 amide bonds. The number of carbonyl (C=O) groups is 2. The first kappa shape index (κ1) is 33.8. The van der Waals surface area contributed by atoms with Gasteiger partial charge >= 0.3 is 11.9 Å². The van der Waals surface area contributed by atoms with Crippen LogP contribution in [0.5, 0.6) is 0 Å². The second-order valence-corrected chi connectivity index (χ2v) is 14.6. The van der Waals surface area contributed by atoms with Crippen molar-refractivity contribution in [1.29, 1.82) is 0 Å². The number of likely N-dealkylation sites (tertiary alicyclic amines) is 2. The van der Waals surface area contributed by atoms with Gasteiger partial charge in [-0.1, -0.05) is 25.7 Å². The van der Waals surface area contributed by atoms with Gasteiger partial charge in [-0.05, 0) is 120 Å². The lowest BCUT2D eigenvalue weighted by Crippen LogP contribution is -2.65. The maximum absolute atomic E-state index is 13.6. The first-order valence-corrected chi connectivity index (χ1v) is 14.2. The Kier molecular flexibility index (Phi) is 10.9. The zero-order valence-electron chi connectivity index (χ0n) is 25.7. The van der Waals surface area contributed by atoms with Crippen molar-refractivity contribution in [3.63, 3.8) is 0 Å². The fraction of sp³-hybridized carbons (Fsp3) is 0.933. The monoisotopic (exact) mass is 525 g/mol. The minimum atomic E-state index is -0.757. The van der Waals surface area contributed by atoms with Gasteiger partial charge in [0.1, 0.15) is 0 Å². The lowest BCUT2D eigenvalue weighted by atomic mass is 9.52. The molecule has 0 atom stereocenters. The Hall–Kier alpha value is -1.18. The van der Waals surface area contributed by atoms with E-state index in [1.165, 1.54) is 0 Å². The number of aliphatic carboxylic acids is 2. The Morgan fingerprint density at radius 3 is 1.32 bits per heavy atom. The van der Waals surface area contributed by atoms with Gasteiger partial charge in [-0.2, -0.15) is 0 Å². The Labute approximate surface area is 227 Å². The third-order valence-corrected chi connectivity index (χ3v) is 10.5. The van der Waals surface area contributed by atoms with Crippen molar-refractivity contribution in [1.82, 2.24) is 16.0 Å². The second kappa shape index (κ2) is 11.9. The van der Waals surface area contributed by atoms with E-state index >= 15 is 0 Å². The third kappa shape index (κ3) is 7.27. The van der Waals surface area contributed by atoms with Gasteiger partial charge in [-0.25, -0.2) is 0 Å². The Morgan fingerprint density at radius 1 is 0.676 bits per heavy atom. The van der Waals surface area contributed by atoms with E-state index in [2.05, 4.69) is 79.3 Å². The molecule has 7 nitrogen and oxygen atoms in total. The molecule has 0 saturated carbocycles. The van der Waals surface area contributed by atoms with Crippen LogP contribution in [0.2, 0.25) is 0 Å². The lowest BCUT2D eigenvalue weighted by molar-refractivity contribution is -0.176.